The number of ether oxygens (including phenoxy) is 5. The average Bonchev–Trinajstić information content (AvgIpc) is 3.65. The van der Waals surface area contributed by atoms with Crippen molar-refractivity contribution in [3.63, 3.8) is 0 Å². The van der Waals surface area contributed by atoms with Gasteiger partial charge in [0.15, 0.2) is 22.8 Å². The number of nitrogens with zero attached hydrogens (tertiary/aromatic N) is 1. The summed E-state index contributed by atoms with van der Waals surface area (Å²) in [7, 11) is 1.34. The number of benzene rings is 2. The van der Waals surface area contributed by atoms with E-state index in [-0.39, 0.29) is 43.7 Å². The van der Waals surface area contributed by atoms with E-state index in [4.69, 9.17) is 29.4 Å². The number of carbonyl (C=O) groups excluding carboxylic acids is 3. The number of hydrogen-bond donors (Lipinski definition) is 3. The molecule has 8 aliphatic rings. The summed E-state index contributed by atoms with van der Waals surface area (Å²) in [6.45, 7) is 17.9. The third-order valence-corrected chi connectivity index (χ3v) is 14.9. The van der Waals surface area contributed by atoms with Crippen LogP contribution in [-0.4, -0.2) is 96.4 Å². The van der Waals surface area contributed by atoms with Crippen LogP contribution in [0.25, 0.3) is 17.5 Å². The van der Waals surface area contributed by atoms with E-state index < -0.39 is 40.2 Å². The van der Waals surface area contributed by atoms with Gasteiger partial charge in [0, 0.05) is 83.8 Å². The van der Waals surface area contributed by atoms with Crippen LogP contribution >= 0.6 is 0 Å². The number of hydrogen-bond acceptors (Lipinski definition) is 12. The minimum atomic E-state index is -1.60. The lowest BCUT2D eigenvalue weighted by molar-refractivity contribution is -0.181. The zero-order chi connectivity index (χ0) is 47.1. The van der Waals surface area contributed by atoms with Crippen molar-refractivity contribution in [2.75, 3.05) is 46.5 Å². The molecule has 0 amide bonds. The Bertz CT molecular complexity index is 2610. The summed E-state index contributed by atoms with van der Waals surface area (Å²) in [6.07, 6.45) is 12.8. The molecule has 4 N–H and O–H groups in total. The van der Waals surface area contributed by atoms with Crippen molar-refractivity contribution in [1.29, 1.82) is 0 Å². The molecular weight excluding hydrogens is 835 g/mol. The largest absolute Gasteiger partial charge is 0.491 e. The van der Waals surface area contributed by atoms with Gasteiger partial charge in [-0.3, -0.25) is 9.59 Å². The molecule has 4 aliphatic carbocycles. The van der Waals surface area contributed by atoms with Crippen LogP contribution in [0.1, 0.15) is 114 Å². The van der Waals surface area contributed by atoms with Gasteiger partial charge in [0.05, 0.1) is 41.8 Å². The summed E-state index contributed by atoms with van der Waals surface area (Å²) in [5.74, 6) is -0.641. The first-order valence-electron chi connectivity index (χ1n) is 23.6. The summed E-state index contributed by atoms with van der Waals surface area (Å²) < 4.78 is 34.8. The first-order chi connectivity index (χ1) is 31.5. The topological polar surface area (TPSA) is 159 Å². The molecule has 350 valence electrons. The third-order valence-electron chi connectivity index (χ3n) is 14.9. The van der Waals surface area contributed by atoms with Crippen molar-refractivity contribution >= 4 is 35.0 Å². The molecule has 10 rings (SSSR count). The molecule has 12 nitrogen and oxygen atoms in total. The highest BCUT2D eigenvalue weighted by atomic mass is 16.6. The fraction of sp³-hybridized carbons (Fsp3) is 0.500. The SMILES string of the molecule is COC(=O)/C(C)=C\CC12OC(C)(C)C3CC(C1=O)C1C4=C(c5ccccc5C4=O)N(CCN)C4=C1C32Oc1c(CC=C(C)C)c2c(c(OCCNCCO)c14)C=CC(C)(CCC=C(C)C)O2. The number of aliphatic hydroxyl groups excluding tert-OH is 1. The second-order valence-corrected chi connectivity index (χ2v) is 20.2. The molecule has 6 atom stereocenters. The lowest BCUT2D eigenvalue weighted by Crippen LogP contribution is -2.75. The van der Waals surface area contributed by atoms with Crippen molar-refractivity contribution in [2.24, 2.45) is 23.5 Å². The summed E-state index contributed by atoms with van der Waals surface area (Å²) in [4.78, 5) is 46.3. The number of aliphatic hydroxyl groups is 1. The fourth-order valence-corrected chi connectivity index (χ4v) is 12.2. The number of allylic oxidation sites excluding steroid dienone is 5. The van der Waals surface area contributed by atoms with Gasteiger partial charge in [0.2, 0.25) is 0 Å². The molecule has 0 radical (unpaired) electrons. The van der Waals surface area contributed by atoms with Gasteiger partial charge >= 0.3 is 5.97 Å². The van der Waals surface area contributed by atoms with Gasteiger partial charge in [-0.15, -0.1) is 0 Å². The summed E-state index contributed by atoms with van der Waals surface area (Å²) in [5, 5.41) is 12.9. The average molecular weight is 900 g/mol. The molecule has 4 bridgehead atoms. The number of Topliss-reactive ketones (excluding diaryl/α,β-unsaturated/α-hetero) is 2. The number of fused-ring (bicyclic) bond motifs is 5. The molecule has 4 heterocycles. The van der Waals surface area contributed by atoms with Gasteiger partial charge in [-0.05, 0) is 93.2 Å². The molecule has 2 aromatic carbocycles. The number of rotatable bonds is 16. The third kappa shape index (κ3) is 6.71. The van der Waals surface area contributed by atoms with E-state index in [1.165, 1.54) is 12.7 Å². The molecule has 4 fully saturated rings. The standard InChI is InChI=1S/C54H65N3O9/c1-30(2)13-12-20-52(8)21-19-36-46(64-52)35(17-16-31(3)4)48-41(47(36)63-28-25-56-24-27-58)44-42-39(40-43(57(44)26-23-55)33-14-10-11-15-34(33)45(40)59)37-29-38-51(6,7)66-53(49(37)60,54(38,42)65-48)22-18-32(5)50(61)62-9/h10-11,13-16,18-19,21,37-39,56,58H,12,17,20,22-29,55H2,1-9H3/b32-18-. The Balaban J connectivity index is 1.40. The smallest absolute Gasteiger partial charge is 0.333 e. The van der Waals surface area contributed by atoms with Crippen molar-refractivity contribution in [2.45, 2.75) is 110 Å². The van der Waals surface area contributed by atoms with E-state index in [1.807, 2.05) is 38.1 Å². The lowest BCUT2D eigenvalue weighted by atomic mass is 9.44. The maximum atomic E-state index is 16.0. The van der Waals surface area contributed by atoms with E-state index in [0.717, 1.165) is 52.1 Å². The highest BCUT2D eigenvalue weighted by Gasteiger charge is 2.84. The van der Waals surface area contributed by atoms with Gasteiger partial charge in [-0.1, -0.05) is 53.6 Å². The van der Waals surface area contributed by atoms with Crippen molar-refractivity contribution < 1.29 is 43.2 Å². The van der Waals surface area contributed by atoms with Gasteiger partial charge in [0.25, 0.3) is 0 Å². The molecular formula is C54H65N3O9. The second kappa shape index (κ2) is 16.8. The van der Waals surface area contributed by atoms with Crippen LogP contribution in [-0.2, 0) is 25.5 Å². The minimum Gasteiger partial charge on any atom is -0.491 e. The Kier molecular flexibility index (Phi) is 11.7. The fourth-order valence-electron chi connectivity index (χ4n) is 12.2. The van der Waals surface area contributed by atoms with Crippen LogP contribution in [0.5, 0.6) is 17.2 Å². The Hall–Kier alpha value is -5.27. The van der Waals surface area contributed by atoms with Gasteiger partial charge < -0.3 is 44.7 Å². The van der Waals surface area contributed by atoms with E-state index in [2.05, 4.69) is 69.1 Å². The monoisotopic (exact) mass is 899 g/mol. The molecule has 66 heavy (non-hydrogen) atoms. The minimum absolute atomic E-state index is 0.0133. The number of methoxy groups -OCH3 is 1. The molecule has 0 aromatic heterocycles. The van der Waals surface area contributed by atoms with Crippen LogP contribution in [0.3, 0.4) is 0 Å². The molecule has 1 spiro atoms. The summed E-state index contributed by atoms with van der Waals surface area (Å²) in [5.41, 5.74) is 11.4. The summed E-state index contributed by atoms with van der Waals surface area (Å²) in [6, 6.07) is 7.69. The zero-order valence-corrected chi connectivity index (χ0v) is 39.9. The van der Waals surface area contributed by atoms with Crippen LogP contribution in [0.2, 0.25) is 0 Å². The summed E-state index contributed by atoms with van der Waals surface area (Å²) >= 11 is 0. The number of nitrogens with two attached hydrogens (primary N) is 1. The lowest BCUT2D eigenvalue weighted by Gasteiger charge is -2.63. The molecule has 12 heteroatoms. The van der Waals surface area contributed by atoms with Crippen LogP contribution in [0.15, 0.2) is 76.4 Å². The first kappa shape index (κ1) is 45.9. The van der Waals surface area contributed by atoms with E-state index in [0.29, 0.717) is 72.0 Å². The molecule has 1 saturated heterocycles. The number of ketones is 2. The number of nitrogens with one attached hydrogen (secondary N) is 1. The maximum Gasteiger partial charge on any atom is 0.333 e. The Morgan fingerprint density at radius 2 is 1.73 bits per heavy atom. The van der Waals surface area contributed by atoms with Crippen molar-refractivity contribution in [3.8, 4) is 17.2 Å². The highest BCUT2D eigenvalue weighted by Crippen LogP contribution is 2.75. The number of carbonyl (C=O) groups is 3. The maximum absolute atomic E-state index is 16.0. The first-order valence-corrected chi connectivity index (χ1v) is 23.6. The van der Waals surface area contributed by atoms with Gasteiger partial charge in [0.1, 0.15) is 29.5 Å². The van der Waals surface area contributed by atoms with E-state index in [1.54, 1.807) is 13.0 Å². The Labute approximate surface area is 388 Å². The van der Waals surface area contributed by atoms with Crippen LogP contribution in [0, 0.1) is 17.8 Å². The van der Waals surface area contributed by atoms with Gasteiger partial charge in [-0.2, -0.15) is 0 Å². The van der Waals surface area contributed by atoms with Gasteiger partial charge in [-0.25, -0.2) is 4.79 Å². The van der Waals surface area contributed by atoms with E-state index in [9.17, 15) is 9.90 Å². The van der Waals surface area contributed by atoms with Crippen LogP contribution in [0.4, 0.5) is 0 Å². The van der Waals surface area contributed by atoms with E-state index >= 15 is 9.59 Å². The molecule has 3 saturated carbocycles. The molecule has 6 unspecified atom stereocenters. The zero-order valence-electron chi connectivity index (χ0n) is 39.9. The molecule has 2 aromatic rings. The predicted molar refractivity (Wildman–Crippen MR) is 254 cm³/mol. The highest BCUT2D eigenvalue weighted by molar-refractivity contribution is 6.23. The van der Waals surface area contributed by atoms with Crippen molar-refractivity contribution in [3.05, 3.63) is 104 Å². The van der Waals surface area contributed by atoms with Crippen LogP contribution < -0.4 is 25.3 Å². The Morgan fingerprint density at radius 3 is 2.42 bits per heavy atom. The normalized spacial score (nSPS) is 28.0. The van der Waals surface area contributed by atoms with Crippen molar-refractivity contribution in [1.82, 2.24) is 10.2 Å². The Morgan fingerprint density at radius 1 is 0.985 bits per heavy atom. The quantitative estimate of drug-likeness (QED) is 0.0654. The number of esters is 1. The predicted octanol–water partition coefficient (Wildman–Crippen LogP) is 7.68. The molecule has 4 aliphatic heterocycles. The second-order valence-electron chi connectivity index (χ2n) is 20.2.